The standard InChI is InChI=1S/C23H27N3O4S/c27-22(18-5-2-1-3-6-18)25-20-11-13-26(14-12-20)23(28)19-7-4-8-21(15-19)31(29,30)24-16-17-9-10-17/h1-8,15,17,20,24H,9-14,16H2,(H,25,27). The summed E-state index contributed by atoms with van der Waals surface area (Å²) in [5.74, 6) is 0.136. The summed E-state index contributed by atoms with van der Waals surface area (Å²) in [6, 6.07) is 15.3. The molecular formula is C23H27N3O4S. The Hall–Kier alpha value is -2.71. The van der Waals surface area contributed by atoms with Crippen molar-refractivity contribution >= 4 is 21.8 Å². The van der Waals surface area contributed by atoms with Crippen LogP contribution >= 0.6 is 0 Å². The lowest BCUT2D eigenvalue weighted by molar-refractivity contribution is 0.0698. The number of likely N-dealkylation sites (tertiary alicyclic amines) is 1. The van der Waals surface area contributed by atoms with Crippen LogP contribution in [0.5, 0.6) is 0 Å². The van der Waals surface area contributed by atoms with Crippen LogP contribution in [0.4, 0.5) is 0 Å². The van der Waals surface area contributed by atoms with Crippen molar-refractivity contribution in [1.82, 2.24) is 14.9 Å². The summed E-state index contributed by atoms with van der Waals surface area (Å²) in [6.45, 7) is 1.47. The number of carbonyl (C=O) groups is 2. The monoisotopic (exact) mass is 441 g/mol. The van der Waals surface area contributed by atoms with Gasteiger partial charge >= 0.3 is 0 Å². The first-order chi connectivity index (χ1) is 14.9. The fourth-order valence-electron chi connectivity index (χ4n) is 3.70. The van der Waals surface area contributed by atoms with Crippen LogP contribution in [-0.2, 0) is 10.0 Å². The highest BCUT2D eigenvalue weighted by Gasteiger charge is 2.27. The van der Waals surface area contributed by atoms with Gasteiger partial charge in [-0.3, -0.25) is 9.59 Å². The van der Waals surface area contributed by atoms with Gasteiger partial charge in [0.1, 0.15) is 0 Å². The maximum absolute atomic E-state index is 12.9. The van der Waals surface area contributed by atoms with Crippen molar-refractivity contribution in [3.63, 3.8) is 0 Å². The van der Waals surface area contributed by atoms with E-state index in [1.165, 1.54) is 12.1 Å². The Balaban J connectivity index is 1.33. The zero-order valence-corrected chi connectivity index (χ0v) is 18.1. The molecule has 1 saturated heterocycles. The Bertz CT molecular complexity index is 1040. The molecule has 2 aromatic rings. The predicted molar refractivity (Wildman–Crippen MR) is 117 cm³/mol. The third kappa shape index (κ3) is 5.51. The summed E-state index contributed by atoms with van der Waals surface area (Å²) < 4.78 is 27.6. The van der Waals surface area contributed by atoms with Gasteiger partial charge in [0, 0.05) is 36.8 Å². The molecule has 0 atom stereocenters. The van der Waals surface area contributed by atoms with Gasteiger partial charge < -0.3 is 10.2 Å². The highest BCUT2D eigenvalue weighted by Crippen LogP contribution is 2.28. The molecule has 8 heteroatoms. The van der Waals surface area contributed by atoms with E-state index in [2.05, 4.69) is 10.0 Å². The zero-order chi connectivity index (χ0) is 21.8. The number of hydrogen-bond acceptors (Lipinski definition) is 4. The number of piperidine rings is 1. The molecule has 1 aliphatic carbocycles. The summed E-state index contributed by atoms with van der Waals surface area (Å²) in [5.41, 5.74) is 0.982. The van der Waals surface area contributed by atoms with E-state index in [-0.39, 0.29) is 22.8 Å². The topological polar surface area (TPSA) is 95.6 Å². The predicted octanol–water partition coefficient (Wildman–Crippen LogP) is 2.41. The van der Waals surface area contributed by atoms with E-state index in [0.29, 0.717) is 49.5 Å². The molecule has 164 valence electrons. The second-order valence-electron chi connectivity index (χ2n) is 8.23. The Morgan fingerprint density at radius 2 is 1.58 bits per heavy atom. The SMILES string of the molecule is O=C(NC1CCN(C(=O)c2cccc(S(=O)(=O)NCC3CC3)c2)CC1)c1ccccc1. The summed E-state index contributed by atoms with van der Waals surface area (Å²) in [6.07, 6.45) is 3.43. The van der Waals surface area contributed by atoms with Gasteiger partial charge in [0.05, 0.1) is 4.90 Å². The van der Waals surface area contributed by atoms with E-state index in [1.54, 1.807) is 29.2 Å². The number of nitrogens with zero attached hydrogens (tertiary/aromatic N) is 1. The molecule has 2 fully saturated rings. The van der Waals surface area contributed by atoms with Crippen molar-refractivity contribution < 1.29 is 18.0 Å². The Labute approximate surface area is 182 Å². The first-order valence-electron chi connectivity index (χ1n) is 10.7. The molecule has 2 aromatic carbocycles. The number of rotatable bonds is 7. The molecule has 4 rings (SSSR count). The van der Waals surface area contributed by atoms with Crippen LogP contribution in [0, 0.1) is 5.92 Å². The van der Waals surface area contributed by atoms with Crippen LogP contribution in [0.1, 0.15) is 46.4 Å². The average molecular weight is 442 g/mol. The van der Waals surface area contributed by atoms with Crippen molar-refractivity contribution in [1.29, 1.82) is 0 Å². The van der Waals surface area contributed by atoms with Crippen molar-refractivity contribution in [2.45, 2.75) is 36.6 Å². The van der Waals surface area contributed by atoms with E-state index in [0.717, 1.165) is 12.8 Å². The number of benzene rings is 2. The largest absolute Gasteiger partial charge is 0.349 e. The molecule has 2 amide bonds. The van der Waals surface area contributed by atoms with Crippen LogP contribution in [0.25, 0.3) is 0 Å². The van der Waals surface area contributed by atoms with Crippen LogP contribution in [0.3, 0.4) is 0 Å². The zero-order valence-electron chi connectivity index (χ0n) is 17.3. The molecule has 1 saturated carbocycles. The molecule has 0 radical (unpaired) electrons. The summed E-state index contributed by atoms with van der Waals surface area (Å²) >= 11 is 0. The second kappa shape index (κ2) is 9.20. The first-order valence-corrected chi connectivity index (χ1v) is 12.2. The molecule has 0 unspecified atom stereocenters. The average Bonchev–Trinajstić information content (AvgIpc) is 3.63. The molecule has 1 heterocycles. The van der Waals surface area contributed by atoms with Gasteiger partial charge in [-0.05, 0) is 61.9 Å². The van der Waals surface area contributed by atoms with Gasteiger partial charge in [0.25, 0.3) is 11.8 Å². The smallest absolute Gasteiger partial charge is 0.253 e. The summed E-state index contributed by atoms with van der Waals surface area (Å²) in [7, 11) is -3.62. The minimum Gasteiger partial charge on any atom is -0.349 e. The van der Waals surface area contributed by atoms with Gasteiger partial charge in [-0.15, -0.1) is 0 Å². The molecule has 2 N–H and O–H groups in total. The molecule has 0 bridgehead atoms. The molecule has 1 aliphatic heterocycles. The van der Waals surface area contributed by atoms with Crippen molar-refractivity contribution in [2.75, 3.05) is 19.6 Å². The van der Waals surface area contributed by atoms with Gasteiger partial charge in [0.15, 0.2) is 0 Å². The lowest BCUT2D eigenvalue weighted by atomic mass is 10.0. The van der Waals surface area contributed by atoms with Crippen LogP contribution in [-0.4, -0.2) is 50.8 Å². The molecular weight excluding hydrogens is 414 g/mol. The molecule has 0 aromatic heterocycles. The lowest BCUT2D eigenvalue weighted by Crippen LogP contribution is -2.46. The van der Waals surface area contributed by atoms with Crippen LogP contribution in [0.15, 0.2) is 59.5 Å². The number of nitrogens with one attached hydrogen (secondary N) is 2. The molecule has 31 heavy (non-hydrogen) atoms. The number of amides is 2. The number of carbonyl (C=O) groups excluding carboxylic acids is 2. The fourth-order valence-corrected chi connectivity index (χ4v) is 4.86. The Morgan fingerprint density at radius 3 is 2.26 bits per heavy atom. The Morgan fingerprint density at radius 1 is 0.903 bits per heavy atom. The second-order valence-corrected chi connectivity index (χ2v) is 10.00. The van der Waals surface area contributed by atoms with Crippen LogP contribution < -0.4 is 10.0 Å². The van der Waals surface area contributed by atoms with Crippen molar-refractivity contribution in [3.8, 4) is 0 Å². The van der Waals surface area contributed by atoms with E-state index in [1.807, 2.05) is 18.2 Å². The van der Waals surface area contributed by atoms with E-state index < -0.39 is 10.0 Å². The normalized spacial score (nSPS) is 17.4. The first kappa shape index (κ1) is 21.5. The van der Waals surface area contributed by atoms with E-state index >= 15 is 0 Å². The van der Waals surface area contributed by atoms with Gasteiger partial charge in [-0.1, -0.05) is 24.3 Å². The van der Waals surface area contributed by atoms with Crippen molar-refractivity contribution in [3.05, 3.63) is 65.7 Å². The van der Waals surface area contributed by atoms with Crippen molar-refractivity contribution in [2.24, 2.45) is 5.92 Å². The van der Waals surface area contributed by atoms with Gasteiger partial charge in [0.2, 0.25) is 10.0 Å². The third-order valence-corrected chi connectivity index (χ3v) is 7.22. The van der Waals surface area contributed by atoms with E-state index in [4.69, 9.17) is 0 Å². The highest BCUT2D eigenvalue weighted by atomic mass is 32.2. The minimum absolute atomic E-state index is 0.00934. The summed E-state index contributed by atoms with van der Waals surface area (Å²) in [4.78, 5) is 27.1. The number of sulfonamides is 1. The molecule has 7 nitrogen and oxygen atoms in total. The fraction of sp³-hybridized carbons (Fsp3) is 0.391. The number of hydrogen-bond donors (Lipinski definition) is 2. The minimum atomic E-state index is -3.62. The maximum atomic E-state index is 12.9. The highest BCUT2D eigenvalue weighted by molar-refractivity contribution is 7.89. The quantitative estimate of drug-likeness (QED) is 0.690. The van der Waals surface area contributed by atoms with Crippen LogP contribution in [0.2, 0.25) is 0 Å². The Kier molecular flexibility index (Phi) is 6.38. The molecule has 2 aliphatic rings. The van der Waals surface area contributed by atoms with Gasteiger partial charge in [-0.2, -0.15) is 0 Å². The van der Waals surface area contributed by atoms with Gasteiger partial charge in [-0.25, -0.2) is 13.1 Å². The lowest BCUT2D eigenvalue weighted by Gasteiger charge is -2.32. The van der Waals surface area contributed by atoms with E-state index in [9.17, 15) is 18.0 Å². The maximum Gasteiger partial charge on any atom is 0.253 e. The summed E-state index contributed by atoms with van der Waals surface area (Å²) in [5, 5.41) is 3.03. The molecule has 0 spiro atoms. The third-order valence-electron chi connectivity index (χ3n) is 5.80.